The number of carbonyl (C=O) groups is 1. The van der Waals surface area contributed by atoms with Gasteiger partial charge in [-0.25, -0.2) is 8.42 Å². The standard InChI is InChI=1S/C20H24N2O3S/c1-2-14-21-20(23)17-22(16-19-11-7-4-8-12-19)26(24,25)15-13-18-9-5-3-6-10-18/h3-13,15H,2,14,16-17H2,1H3,(H,21,23)/b15-13+. The minimum atomic E-state index is -3.75. The number of benzene rings is 2. The molecule has 0 bridgehead atoms. The van der Waals surface area contributed by atoms with E-state index in [4.69, 9.17) is 0 Å². The second-order valence-electron chi connectivity index (χ2n) is 5.86. The third-order valence-corrected chi connectivity index (χ3v) is 5.14. The van der Waals surface area contributed by atoms with Crippen LogP contribution in [0.25, 0.3) is 6.08 Å². The molecule has 0 saturated carbocycles. The van der Waals surface area contributed by atoms with Crippen molar-refractivity contribution < 1.29 is 13.2 Å². The Kier molecular flexibility index (Phi) is 7.56. The van der Waals surface area contributed by atoms with E-state index in [1.54, 1.807) is 0 Å². The van der Waals surface area contributed by atoms with Gasteiger partial charge in [-0.3, -0.25) is 4.79 Å². The lowest BCUT2D eigenvalue weighted by Crippen LogP contribution is -2.39. The van der Waals surface area contributed by atoms with Gasteiger partial charge >= 0.3 is 0 Å². The highest BCUT2D eigenvalue weighted by atomic mass is 32.2. The average Bonchev–Trinajstić information content (AvgIpc) is 2.66. The van der Waals surface area contributed by atoms with Gasteiger partial charge < -0.3 is 5.32 Å². The summed E-state index contributed by atoms with van der Waals surface area (Å²) >= 11 is 0. The molecule has 2 aromatic rings. The Morgan fingerprint density at radius 3 is 2.27 bits per heavy atom. The van der Waals surface area contributed by atoms with E-state index in [2.05, 4.69) is 5.32 Å². The van der Waals surface area contributed by atoms with E-state index >= 15 is 0 Å². The molecule has 0 aliphatic rings. The highest BCUT2D eigenvalue weighted by Gasteiger charge is 2.22. The van der Waals surface area contributed by atoms with Crippen LogP contribution in [0.15, 0.2) is 66.1 Å². The van der Waals surface area contributed by atoms with E-state index in [0.717, 1.165) is 23.0 Å². The fraction of sp³-hybridized carbons (Fsp3) is 0.250. The second-order valence-corrected chi connectivity index (χ2v) is 7.68. The van der Waals surface area contributed by atoms with Gasteiger partial charge in [-0.2, -0.15) is 4.31 Å². The van der Waals surface area contributed by atoms with Gasteiger partial charge in [0.2, 0.25) is 15.9 Å². The van der Waals surface area contributed by atoms with Crippen molar-refractivity contribution in [3.63, 3.8) is 0 Å². The molecule has 0 aromatic heterocycles. The Hall–Kier alpha value is -2.44. The predicted octanol–water partition coefficient (Wildman–Crippen LogP) is 3.02. The Labute approximate surface area is 155 Å². The first-order valence-corrected chi connectivity index (χ1v) is 10.1. The molecule has 1 N–H and O–H groups in total. The largest absolute Gasteiger partial charge is 0.355 e. The first-order chi connectivity index (χ1) is 12.5. The first kappa shape index (κ1) is 19.9. The summed E-state index contributed by atoms with van der Waals surface area (Å²) in [5.74, 6) is -0.306. The zero-order valence-corrected chi connectivity index (χ0v) is 15.7. The molecule has 6 heteroatoms. The Bertz CT molecular complexity index is 819. The first-order valence-electron chi connectivity index (χ1n) is 8.55. The second kappa shape index (κ2) is 9.89. The number of hydrogen-bond acceptors (Lipinski definition) is 3. The molecule has 0 atom stereocenters. The van der Waals surface area contributed by atoms with Crippen LogP contribution in [-0.2, 0) is 21.4 Å². The van der Waals surface area contributed by atoms with Crippen molar-refractivity contribution in [1.29, 1.82) is 0 Å². The number of nitrogens with one attached hydrogen (secondary N) is 1. The molecule has 0 saturated heterocycles. The third kappa shape index (κ3) is 6.46. The maximum absolute atomic E-state index is 12.8. The quantitative estimate of drug-likeness (QED) is 0.736. The van der Waals surface area contributed by atoms with Gasteiger partial charge in [0.1, 0.15) is 0 Å². The van der Waals surface area contributed by atoms with E-state index < -0.39 is 10.0 Å². The summed E-state index contributed by atoms with van der Waals surface area (Å²) in [6.07, 6.45) is 2.34. The molecular formula is C20H24N2O3S. The van der Waals surface area contributed by atoms with E-state index in [1.165, 1.54) is 10.4 Å². The molecule has 2 rings (SSSR count). The van der Waals surface area contributed by atoms with Crippen molar-refractivity contribution in [3.05, 3.63) is 77.2 Å². The molecule has 0 radical (unpaired) electrons. The van der Waals surface area contributed by atoms with Gasteiger partial charge in [0, 0.05) is 18.5 Å². The SMILES string of the molecule is CCCNC(=O)CN(Cc1ccccc1)S(=O)(=O)/C=C/c1ccccc1. The number of rotatable bonds is 9. The topological polar surface area (TPSA) is 66.5 Å². The molecule has 0 spiro atoms. The molecule has 0 fully saturated rings. The third-order valence-electron chi connectivity index (χ3n) is 3.69. The molecule has 138 valence electrons. The van der Waals surface area contributed by atoms with Gasteiger partial charge in [-0.05, 0) is 23.6 Å². The molecule has 0 aliphatic carbocycles. The monoisotopic (exact) mass is 372 g/mol. The number of nitrogens with zero attached hydrogens (tertiary/aromatic N) is 1. The lowest BCUT2D eigenvalue weighted by molar-refractivity contribution is -0.121. The maximum atomic E-state index is 12.8. The Balaban J connectivity index is 2.20. The molecule has 0 aliphatic heterocycles. The highest BCUT2D eigenvalue weighted by molar-refractivity contribution is 7.92. The van der Waals surface area contributed by atoms with E-state index in [0.29, 0.717) is 6.54 Å². The lowest BCUT2D eigenvalue weighted by Gasteiger charge is -2.20. The van der Waals surface area contributed by atoms with Crippen LogP contribution in [0.3, 0.4) is 0 Å². The van der Waals surface area contributed by atoms with Crippen molar-refractivity contribution in [3.8, 4) is 0 Å². The van der Waals surface area contributed by atoms with E-state index in [1.807, 2.05) is 67.6 Å². The van der Waals surface area contributed by atoms with Gasteiger partial charge in [0.15, 0.2) is 0 Å². The van der Waals surface area contributed by atoms with Crippen LogP contribution in [0.2, 0.25) is 0 Å². The summed E-state index contributed by atoms with van der Waals surface area (Å²) in [6.45, 7) is 2.40. The number of hydrogen-bond donors (Lipinski definition) is 1. The number of sulfonamides is 1. The highest BCUT2D eigenvalue weighted by Crippen LogP contribution is 2.12. The van der Waals surface area contributed by atoms with Gasteiger partial charge in [-0.15, -0.1) is 0 Å². The van der Waals surface area contributed by atoms with Crippen LogP contribution in [0.5, 0.6) is 0 Å². The minimum Gasteiger partial charge on any atom is -0.355 e. The fourth-order valence-electron chi connectivity index (χ4n) is 2.32. The van der Waals surface area contributed by atoms with Crippen LogP contribution in [0, 0.1) is 0 Å². The minimum absolute atomic E-state index is 0.141. The van der Waals surface area contributed by atoms with Crippen molar-refractivity contribution in [2.75, 3.05) is 13.1 Å². The Morgan fingerprint density at radius 1 is 1.04 bits per heavy atom. The van der Waals surface area contributed by atoms with Crippen LogP contribution < -0.4 is 5.32 Å². The molecule has 5 nitrogen and oxygen atoms in total. The zero-order chi connectivity index (χ0) is 18.8. The number of amides is 1. The summed E-state index contributed by atoms with van der Waals surface area (Å²) in [6, 6.07) is 18.4. The van der Waals surface area contributed by atoms with Gasteiger partial charge in [0.05, 0.1) is 6.54 Å². The summed E-state index contributed by atoms with van der Waals surface area (Å²) in [5, 5.41) is 3.88. The predicted molar refractivity (Wildman–Crippen MR) is 105 cm³/mol. The van der Waals surface area contributed by atoms with Gasteiger partial charge in [-0.1, -0.05) is 67.6 Å². The molecule has 2 aromatic carbocycles. The van der Waals surface area contributed by atoms with Crippen molar-refractivity contribution in [2.24, 2.45) is 0 Å². The van der Waals surface area contributed by atoms with E-state index in [-0.39, 0.29) is 19.0 Å². The molecule has 26 heavy (non-hydrogen) atoms. The molecular weight excluding hydrogens is 348 g/mol. The normalized spacial score (nSPS) is 11.8. The maximum Gasteiger partial charge on any atom is 0.237 e. The summed E-state index contributed by atoms with van der Waals surface area (Å²) in [4.78, 5) is 12.1. The summed E-state index contributed by atoms with van der Waals surface area (Å²) in [7, 11) is -3.75. The molecule has 0 heterocycles. The average molecular weight is 372 g/mol. The van der Waals surface area contributed by atoms with Crippen LogP contribution in [0.4, 0.5) is 0 Å². The van der Waals surface area contributed by atoms with E-state index in [9.17, 15) is 13.2 Å². The summed E-state index contributed by atoms with van der Waals surface area (Å²) < 4.78 is 26.7. The van der Waals surface area contributed by atoms with Crippen LogP contribution in [-0.4, -0.2) is 31.7 Å². The van der Waals surface area contributed by atoms with Crippen molar-refractivity contribution in [2.45, 2.75) is 19.9 Å². The van der Waals surface area contributed by atoms with Crippen molar-refractivity contribution >= 4 is 22.0 Å². The van der Waals surface area contributed by atoms with Crippen molar-refractivity contribution in [1.82, 2.24) is 9.62 Å². The Morgan fingerprint density at radius 2 is 1.65 bits per heavy atom. The smallest absolute Gasteiger partial charge is 0.237 e. The molecule has 1 amide bonds. The number of carbonyl (C=O) groups excluding carboxylic acids is 1. The summed E-state index contributed by atoms with van der Waals surface area (Å²) in [5.41, 5.74) is 1.61. The fourth-order valence-corrected chi connectivity index (χ4v) is 3.45. The van der Waals surface area contributed by atoms with Crippen LogP contribution in [0.1, 0.15) is 24.5 Å². The lowest BCUT2D eigenvalue weighted by atomic mass is 10.2. The van der Waals surface area contributed by atoms with Crippen LogP contribution >= 0.6 is 0 Å². The molecule has 0 unspecified atom stereocenters. The zero-order valence-electron chi connectivity index (χ0n) is 14.8. The van der Waals surface area contributed by atoms with Gasteiger partial charge in [0.25, 0.3) is 0 Å².